The fraction of sp³-hybridized carbons (Fsp3) is 0.350. The number of thioether (sulfide) groups is 1. The van der Waals surface area contributed by atoms with Gasteiger partial charge in [0, 0.05) is 12.7 Å². The Hall–Kier alpha value is -2.12. The van der Waals surface area contributed by atoms with Gasteiger partial charge in [0.1, 0.15) is 0 Å². The predicted octanol–water partition coefficient (Wildman–Crippen LogP) is 5.18. The van der Waals surface area contributed by atoms with Gasteiger partial charge >= 0.3 is 0 Å². The third kappa shape index (κ3) is 4.42. The third-order valence-electron chi connectivity index (χ3n) is 4.59. The van der Waals surface area contributed by atoms with Crippen LogP contribution in [0.3, 0.4) is 0 Å². The first-order valence-corrected chi connectivity index (χ1v) is 10.8. The highest BCUT2D eigenvalue weighted by Gasteiger charge is 2.21. The van der Waals surface area contributed by atoms with Crippen molar-refractivity contribution in [1.29, 1.82) is 0 Å². The lowest BCUT2D eigenvalue weighted by atomic mass is 9.97. The highest BCUT2D eigenvalue weighted by Crippen LogP contribution is 2.30. The monoisotopic (exact) mass is 400 g/mol. The molecule has 0 radical (unpaired) electrons. The van der Waals surface area contributed by atoms with E-state index in [-0.39, 0.29) is 11.2 Å². The van der Waals surface area contributed by atoms with Crippen LogP contribution in [0.15, 0.2) is 46.9 Å². The minimum Gasteiger partial charge on any atom is -0.325 e. The summed E-state index contributed by atoms with van der Waals surface area (Å²) in [6.45, 7) is 6.22. The Balaban J connectivity index is 1.71. The fourth-order valence-electron chi connectivity index (χ4n) is 2.74. The molecule has 0 bridgehead atoms. The van der Waals surface area contributed by atoms with Crippen molar-refractivity contribution in [2.45, 2.75) is 43.5 Å². The van der Waals surface area contributed by atoms with Crippen LogP contribution in [-0.2, 0) is 11.8 Å². The van der Waals surface area contributed by atoms with Crippen LogP contribution >= 0.6 is 23.1 Å². The molecule has 2 unspecified atom stereocenters. The Morgan fingerprint density at radius 3 is 2.70 bits per heavy atom. The molecule has 2 heterocycles. The molecule has 3 aromatic rings. The maximum absolute atomic E-state index is 12.7. The number of nitrogens with zero attached hydrogens (tertiary/aromatic N) is 3. The van der Waals surface area contributed by atoms with Crippen LogP contribution in [0.1, 0.15) is 38.7 Å². The number of para-hydroxylation sites is 1. The minimum atomic E-state index is -0.283. The molecule has 0 spiro atoms. The zero-order valence-electron chi connectivity index (χ0n) is 16.0. The van der Waals surface area contributed by atoms with Gasteiger partial charge in [0.2, 0.25) is 5.91 Å². The molecule has 0 saturated heterocycles. The van der Waals surface area contributed by atoms with E-state index in [2.05, 4.69) is 35.4 Å². The number of nitrogens with one attached hydrogen (secondary N) is 1. The summed E-state index contributed by atoms with van der Waals surface area (Å²) in [5.41, 5.74) is 2.06. The predicted molar refractivity (Wildman–Crippen MR) is 113 cm³/mol. The summed E-state index contributed by atoms with van der Waals surface area (Å²) in [4.78, 5) is 13.8. The Bertz CT molecular complexity index is 905. The molecule has 2 atom stereocenters. The number of aromatic nitrogens is 3. The number of carbonyl (C=O) groups excluding carboxylic acids is 1. The van der Waals surface area contributed by atoms with E-state index in [1.807, 2.05) is 54.3 Å². The van der Waals surface area contributed by atoms with Crippen molar-refractivity contribution in [3.05, 3.63) is 47.3 Å². The summed E-state index contributed by atoms with van der Waals surface area (Å²) in [6, 6.07) is 12.0. The molecule has 5 nitrogen and oxygen atoms in total. The molecule has 27 heavy (non-hydrogen) atoms. The van der Waals surface area contributed by atoms with Gasteiger partial charge in [0.05, 0.1) is 10.1 Å². The van der Waals surface area contributed by atoms with Crippen molar-refractivity contribution in [2.24, 2.45) is 7.05 Å². The lowest BCUT2D eigenvalue weighted by Crippen LogP contribution is -2.23. The van der Waals surface area contributed by atoms with Crippen LogP contribution in [0, 0.1) is 0 Å². The van der Waals surface area contributed by atoms with Crippen LogP contribution in [0.4, 0.5) is 5.69 Å². The zero-order valence-corrected chi connectivity index (χ0v) is 17.6. The van der Waals surface area contributed by atoms with E-state index in [9.17, 15) is 4.79 Å². The van der Waals surface area contributed by atoms with Gasteiger partial charge in [0.25, 0.3) is 0 Å². The number of carbonyl (C=O) groups is 1. The molecular weight excluding hydrogens is 376 g/mol. The van der Waals surface area contributed by atoms with E-state index in [0.717, 1.165) is 28.0 Å². The Morgan fingerprint density at radius 2 is 2.00 bits per heavy atom. The van der Waals surface area contributed by atoms with E-state index in [1.165, 1.54) is 17.3 Å². The van der Waals surface area contributed by atoms with Gasteiger partial charge < -0.3 is 9.88 Å². The topological polar surface area (TPSA) is 59.8 Å². The van der Waals surface area contributed by atoms with E-state index >= 15 is 0 Å². The van der Waals surface area contributed by atoms with Crippen molar-refractivity contribution < 1.29 is 4.79 Å². The second-order valence-corrected chi connectivity index (χ2v) is 8.74. The lowest BCUT2D eigenvalue weighted by Gasteiger charge is -2.17. The number of hydrogen-bond donors (Lipinski definition) is 1. The van der Waals surface area contributed by atoms with E-state index in [4.69, 9.17) is 0 Å². The van der Waals surface area contributed by atoms with Crippen molar-refractivity contribution in [3.63, 3.8) is 0 Å². The van der Waals surface area contributed by atoms with Crippen LogP contribution in [-0.4, -0.2) is 25.9 Å². The van der Waals surface area contributed by atoms with Crippen molar-refractivity contribution >= 4 is 34.7 Å². The number of thiophene rings is 1. The van der Waals surface area contributed by atoms with Crippen LogP contribution in [0.2, 0.25) is 0 Å². The average Bonchev–Trinajstić information content (AvgIpc) is 3.32. The molecule has 0 aliphatic carbocycles. The second kappa shape index (κ2) is 8.71. The molecule has 0 aliphatic rings. The normalized spacial score (nSPS) is 13.3. The number of amides is 1. The molecule has 7 heteroatoms. The van der Waals surface area contributed by atoms with Gasteiger partial charge in [0.15, 0.2) is 11.0 Å². The largest absolute Gasteiger partial charge is 0.325 e. The Kier molecular flexibility index (Phi) is 6.34. The highest BCUT2D eigenvalue weighted by atomic mass is 32.2. The standard InChI is InChI=1S/C20H24N4OS2/c1-5-13(2)15-9-6-7-10-16(15)21-19(25)14(3)27-20-23-22-18(24(20)4)17-11-8-12-26-17/h6-14H,5H2,1-4H3,(H,21,25). The summed E-state index contributed by atoms with van der Waals surface area (Å²) < 4.78 is 1.94. The number of anilines is 1. The molecule has 0 fully saturated rings. The summed E-state index contributed by atoms with van der Waals surface area (Å²) >= 11 is 3.04. The molecule has 2 aromatic heterocycles. The molecule has 3 rings (SSSR count). The fourth-order valence-corrected chi connectivity index (χ4v) is 4.30. The summed E-state index contributed by atoms with van der Waals surface area (Å²) in [6.07, 6.45) is 1.03. The quantitative estimate of drug-likeness (QED) is 0.555. The smallest absolute Gasteiger partial charge is 0.237 e. The Morgan fingerprint density at radius 1 is 1.22 bits per heavy atom. The maximum atomic E-state index is 12.7. The van der Waals surface area contributed by atoms with Gasteiger partial charge in [-0.25, -0.2) is 0 Å². The first-order valence-electron chi connectivity index (χ1n) is 9.01. The SMILES string of the molecule is CCC(C)c1ccccc1NC(=O)C(C)Sc1nnc(-c2cccs2)n1C. The van der Waals surface area contributed by atoms with E-state index < -0.39 is 0 Å². The number of rotatable bonds is 7. The molecule has 1 aromatic carbocycles. The first-order chi connectivity index (χ1) is 13.0. The van der Waals surface area contributed by atoms with Crippen LogP contribution in [0.5, 0.6) is 0 Å². The van der Waals surface area contributed by atoms with Crippen LogP contribution < -0.4 is 5.32 Å². The van der Waals surface area contributed by atoms with Crippen molar-refractivity contribution in [3.8, 4) is 10.7 Å². The second-order valence-electron chi connectivity index (χ2n) is 6.49. The van der Waals surface area contributed by atoms with Gasteiger partial charge in [-0.1, -0.05) is 49.9 Å². The van der Waals surface area contributed by atoms with Gasteiger partial charge in [-0.2, -0.15) is 0 Å². The first kappa shape index (κ1) is 19.6. The summed E-state index contributed by atoms with van der Waals surface area (Å²) in [5, 5.41) is 14.1. The average molecular weight is 401 g/mol. The Labute approximate surface area is 168 Å². The van der Waals surface area contributed by atoms with Gasteiger partial charge in [-0.15, -0.1) is 21.5 Å². The van der Waals surface area contributed by atoms with E-state index in [0.29, 0.717) is 5.92 Å². The maximum Gasteiger partial charge on any atom is 0.237 e. The number of hydrogen-bond acceptors (Lipinski definition) is 5. The molecule has 1 amide bonds. The van der Waals surface area contributed by atoms with Crippen molar-refractivity contribution in [2.75, 3.05) is 5.32 Å². The molecule has 142 valence electrons. The molecular formula is C20H24N4OS2. The summed E-state index contributed by atoms with van der Waals surface area (Å²) in [5.74, 6) is 1.19. The molecule has 0 aliphatic heterocycles. The highest BCUT2D eigenvalue weighted by molar-refractivity contribution is 8.00. The summed E-state index contributed by atoms with van der Waals surface area (Å²) in [7, 11) is 1.93. The van der Waals surface area contributed by atoms with Crippen LogP contribution in [0.25, 0.3) is 10.7 Å². The van der Waals surface area contributed by atoms with Gasteiger partial charge in [-0.05, 0) is 42.3 Å². The number of benzene rings is 1. The molecule has 0 saturated carbocycles. The lowest BCUT2D eigenvalue weighted by molar-refractivity contribution is -0.115. The molecule has 1 N–H and O–H groups in total. The minimum absolute atomic E-state index is 0.0311. The zero-order chi connectivity index (χ0) is 19.4. The van der Waals surface area contributed by atoms with E-state index in [1.54, 1.807) is 11.3 Å². The van der Waals surface area contributed by atoms with Gasteiger partial charge in [-0.3, -0.25) is 4.79 Å². The third-order valence-corrected chi connectivity index (χ3v) is 6.59. The van der Waals surface area contributed by atoms with Crippen molar-refractivity contribution in [1.82, 2.24) is 14.8 Å².